The van der Waals surface area contributed by atoms with Crippen LogP contribution in [0.1, 0.15) is 55.0 Å². The number of hydrogen-bond acceptors (Lipinski definition) is 6. The summed E-state index contributed by atoms with van der Waals surface area (Å²) in [5, 5.41) is 16.8. The van der Waals surface area contributed by atoms with E-state index in [9.17, 15) is 19.3 Å². The summed E-state index contributed by atoms with van der Waals surface area (Å²) >= 11 is 9.61. The first-order valence-corrected chi connectivity index (χ1v) is 13.6. The third kappa shape index (κ3) is 5.86. The molecule has 5 rings (SSSR count). The fourth-order valence-corrected chi connectivity index (χ4v) is 5.36. The molecule has 3 aromatic carbocycles. The third-order valence-electron chi connectivity index (χ3n) is 6.71. The molecule has 11 heteroatoms. The lowest BCUT2D eigenvalue weighted by molar-refractivity contribution is -0.385. The molecule has 1 aliphatic carbocycles. The van der Waals surface area contributed by atoms with Gasteiger partial charge in [-0.05, 0) is 43.2 Å². The summed E-state index contributed by atoms with van der Waals surface area (Å²) in [4.78, 5) is 29.6. The summed E-state index contributed by atoms with van der Waals surface area (Å²) in [6.07, 6.45) is 6.23. The summed E-state index contributed by atoms with van der Waals surface area (Å²) in [7, 11) is 0. The van der Waals surface area contributed by atoms with Crippen molar-refractivity contribution >= 4 is 50.3 Å². The summed E-state index contributed by atoms with van der Waals surface area (Å²) in [6, 6.07) is 13.9. The molecule has 200 valence electrons. The molecule has 0 unspecified atom stereocenters. The second kappa shape index (κ2) is 11.6. The summed E-state index contributed by atoms with van der Waals surface area (Å²) < 4.78 is 21.9. The van der Waals surface area contributed by atoms with E-state index in [0.29, 0.717) is 16.7 Å². The van der Waals surface area contributed by atoms with Crippen molar-refractivity contribution in [3.63, 3.8) is 0 Å². The Morgan fingerprint density at radius 3 is 2.69 bits per heavy atom. The fraction of sp³-hybridized carbons (Fsp3) is 0.250. The van der Waals surface area contributed by atoms with E-state index < -0.39 is 16.4 Å². The molecule has 1 fully saturated rings. The predicted molar refractivity (Wildman–Crippen MR) is 151 cm³/mol. The van der Waals surface area contributed by atoms with Crippen LogP contribution in [0.2, 0.25) is 5.02 Å². The Morgan fingerprint density at radius 2 is 1.95 bits per heavy atom. The monoisotopic (exact) mass is 612 g/mol. The van der Waals surface area contributed by atoms with E-state index in [0.717, 1.165) is 42.6 Å². The zero-order valence-corrected chi connectivity index (χ0v) is 23.0. The van der Waals surface area contributed by atoms with E-state index in [1.165, 1.54) is 29.1 Å². The van der Waals surface area contributed by atoms with Crippen LogP contribution in [0.3, 0.4) is 0 Å². The lowest BCUT2D eigenvalue weighted by Crippen LogP contribution is -2.25. The van der Waals surface area contributed by atoms with Crippen LogP contribution >= 0.6 is 27.5 Å². The van der Waals surface area contributed by atoms with Crippen LogP contribution in [0.4, 0.5) is 10.1 Å². The van der Waals surface area contributed by atoms with Gasteiger partial charge in [-0.15, -0.1) is 0 Å². The van der Waals surface area contributed by atoms with Crippen LogP contribution in [0.15, 0.2) is 69.0 Å². The zero-order chi connectivity index (χ0) is 27.5. The van der Waals surface area contributed by atoms with Crippen molar-refractivity contribution in [2.45, 2.75) is 44.6 Å². The molecule has 0 saturated heterocycles. The molecule has 4 aromatic rings. The third-order valence-corrected chi connectivity index (χ3v) is 7.42. The van der Waals surface area contributed by atoms with E-state index in [4.69, 9.17) is 21.3 Å². The largest absolute Gasteiger partial charge is 0.481 e. The van der Waals surface area contributed by atoms with E-state index in [1.54, 1.807) is 24.3 Å². The summed E-state index contributed by atoms with van der Waals surface area (Å²) in [5.41, 5.74) is 0.206. The first-order valence-electron chi connectivity index (χ1n) is 12.4. The number of aromatic nitrogens is 2. The van der Waals surface area contributed by atoms with Crippen molar-refractivity contribution in [2.75, 3.05) is 0 Å². The molecule has 0 amide bonds. The second-order valence-electron chi connectivity index (χ2n) is 9.31. The second-order valence-corrected chi connectivity index (χ2v) is 10.7. The van der Waals surface area contributed by atoms with Crippen molar-refractivity contribution in [1.82, 2.24) is 9.66 Å². The van der Waals surface area contributed by atoms with E-state index in [2.05, 4.69) is 21.0 Å². The smallest absolute Gasteiger partial charge is 0.313 e. The predicted octanol–water partition coefficient (Wildman–Crippen LogP) is 7.37. The lowest BCUT2D eigenvalue weighted by Gasteiger charge is -2.22. The molecule has 1 aromatic heterocycles. The number of hydrogen-bond donors (Lipinski definition) is 0. The molecule has 0 atom stereocenters. The molecule has 0 bridgehead atoms. The molecule has 1 heterocycles. The molecular formula is C28H23BrClFN4O4. The van der Waals surface area contributed by atoms with Gasteiger partial charge in [0, 0.05) is 32.6 Å². The van der Waals surface area contributed by atoms with Crippen molar-refractivity contribution in [3.05, 3.63) is 107 Å². The van der Waals surface area contributed by atoms with Crippen molar-refractivity contribution in [1.29, 1.82) is 0 Å². The number of nitro groups is 1. The highest BCUT2D eigenvalue weighted by atomic mass is 79.9. The Kier molecular flexibility index (Phi) is 8.04. The number of nitrogens with zero attached hydrogens (tertiary/aromatic N) is 4. The first kappa shape index (κ1) is 27.0. The average Bonchev–Trinajstić information content (AvgIpc) is 2.93. The number of nitro benzene ring substituents is 1. The van der Waals surface area contributed by atoms with Crippen LogP contribution in [-0.4, -0.2) is 20.8 Å². The molecule has 0 aliphatic heterocycles. The highest BCUT2D eigenvalue weighted by Gasteiger charge is 2.24. The van der Waals surface area contributed by atoms with Crippen LogP contribution < -0.4 is 10.3 Å². The van der Waals surface area contributed by atoms with E-state index in [1.807, 2.05) is 6.07 Å². The molecule has 0 spiro atoms. The van der Waals surface area contributed by atoms with Gasteiger partial charge in [0.2, 0.25) is 5.75 Å². The van der Waals surface area contributed by atoms with Crippen LogP contribution in [0, 0.1) is 15.9 Å². The normalized spacial score (nSPS) is 14.2. The maximum Gasteiger partial charge on any atom is 0.313 e. The van der Waals surface area contributed by atoms with Gasteiger partial charge in [0.15, 0.2) is 0 Å². The van der Waals surface area contributed by atoms with Gasteiger partial charge in [-0.2, -0.15) is 9.78 Å². The van der Waals surface area contributed by atoms with Gasteiger partial charge in [0.25, 0.3) is 5.56 Å². The number of benzene rings is 3. The van der Waals surface area contributed by atoms with Crippen molar-refractivity contribution in [2.24, 2.45) is 5.10 Å². The van der Waals surface area contributed by atoms with Gasteiger partial charge in [-0.3, -0.25) is 14.9 Å². The van der Waals surface area contributed by atoms with Gasteiger partial charge in [0.05, 0.1) is 22.0 Å². The van der Waals surface area contributed by atoms with Gasteiger partial charge in [0.1, 0.15) is 18.2 Å². The van der Waals surface area contributed by atoms with Gasteiger partial charge in [-0.25, -0.2) is 9.37 Å². The SMILES string of the molecule is O=c1c2cc(Br)ccc2nc(C2CCCCC2)n1N=Cc1cc(Cl)cc([N+](=O)[O-])c1OCc1ccccc1F. The maximum absolute atomic E-state index is 14.2. The van der Waals surface area contributed by atoms with Gasteiger partial charge < -0.3 is 4.74 Å². The lowest BCUT2D eigenvalue weighted by atomic mass is 9.88. The van der Waals surface area contributed by atoms with Crippen molar-refractivity contribution in [3.8, 4) is 5.75 Å². The molecule has 0 N–H and O–H groups in total. The van der Waals surface area contributed by atoms with E-state index >= 15 is 0 Å². The highest BCUT2D eigenvalue weighted by molar-refractivity contribution is 9.10. The molecule has 39 heavy (non-hydrogen) atoms. The molecular weight excluding hydrogens is 591 g/mol. The minimum Gasteiger partial charge on any atom is -0.481 e. The topological polar surface area (TPSA) is 99.6 Å². The highest BCUT2D eigenvalue weighted by Crippen LogP contribution is 2.35. The Labute approximate surface area is 236 Å². The van der Waals surface area contributed by atoms with Gasteiger partial charge in [-0.1, -0.05) is 65.0 Å². The Bertz CT molecular complexity index is 1650. The molecule has 1 aliphatic rings. The van der Waals surface area contributed by atoms with E-state index in [-0.39, 0.29) is 40.0 Å². The zero-order valence-electron chi connectivity index (χ0n) is 20.6. The maximum atomic E-state index is 14.2. The minimum absolute atomic E-state index is 0.0436. The number of rotatable bonds is 7. The number of ether oxygens (including phenoxy) is 1. The van der Waals surface area contributed by atoms with Crippen LogP contribution in [-0.2, 0) is 6.61 Å². The standard InChI is InChI=1S/C28H23BrClFN4O4/c29-20-10-11-24-22(13-20)28(36)34(27(33-24)17-6-2-1-3-7-17)32-15-19-12-21(30)14-25(35(37)38)26(19)39-16-18-8-4-5-9-23(18)31/h4-5,8-15,17H,1-3,6-7,16H2. The van der Waals surface area contributed by atoms with Crippen molar-refractivity contribution < 1.29 is 14.1 Å². The Hall–Kier alpha value is -3.63. The Morgan fingerprint density at radius 1 is 1.18 bits per heavy atom. The fourth-order valence-electron chi connectivity index (χ4n) is 4.78. The van der Waals surface area contributed by atoms with Crippen LogP contribution in [0.25, 0.3) is 10.9 Å². The average molecular weight is 614 g/mol. The Balaban J connectivity index is 1.62. The number of halogens is 3. The molecule has 8 nitrogen and oxygen atoms in total. The summed E-state index contributed by atoms with van der Waals surface area (Å²) in [6.45, 7) is -0.255. The number of fused-ring (bicyclic) bond motifs is 1. The first-order chi connectivity index (χ1) is 18.8. The summed E-state index contributed by atoms with van der Waals surface area (Å²) in [5.74, 6) is -0.0557. The molecule has 1 saturated carbocycles. The van der Waals surface area contributed by atoms with Crippen LogP contribution in [0.5, 0.6) is 5.75 Å². The minimum atomic E-state index is -0.630. The molecule has 0 radical (unpaired) electrons. The quantitative estimate of drug-likeness (QED) is 0.123. The van der Waals surface area contributed by atoms with Gasteiger partial charge >= 0.3 is 5.69 Å².